The van der Waals surface area contributed by atoms with E-state index in [0.717, 1.165) is 15.1 Å². The zero-order valence-corrected chi connectivity index (χ0v) is 21.1. The molecule has 0 fully saturated rings. The van der Waals surface area contributed by atoms with Crippen molar-refractivity contribution in [3.8, 4) is 11.5 Å². The predicted molar refractivity (Wildman–Crippen MR) is 141 cm³/mol. The molecule has 0 bridgehead atoms. The van der Waals surface area contributed by atoms with Gasteiger partial charge in [-0.1, -0.05) is 48.0 Å². The molecule has 0 aliphatic heterocycles. The molecule has 0 atom stereocenters. The van der Waals surface area contributed by atoms with Crippen LogP contribution in [0.2, 0.25) is 5.02 Å². The van der Waals surface area contributed by atoms with Crippen molar-refractivity contribution in [3.05, 3.63) is 96.0 Å². The third-order valence-corrected chi connectivity index (χ3v) is 7.52. The zero-order valence-electron chi connectivity index (χ0n) is 19.6. The highest BCUT2D eigenvalue weighted by Crippen LogP contribution is 2.27. The Morgan fingerprint density at radius 2 is 1.61 bits per heavy atom. The van der Waals surface area contributed by atoms with Crippen LogP contribution in [-0.2, 0) is 14.8 Å². The lowest BCUT2D eigenvalue weighted by molar-refractivity contribution is -0.119. The minimum absolute atomic E-state index is 0.0327. The van der Waals surface area contributed by atoms with Crippen LogP contribution in [-0.4, -0.2) is 41.1 Å². The standard InChI is InChI=1S/C27H25ClN2O5S/c1-34-23-13-15-24(16-14-23)36(32,33)30(22-11-9-21(28)10-12-22)19-27(31)29-17-18-35-26-8-4-6-20-5-2-3-7-25(20)26/h2-16H,17-19H2,1H3,(H,29,31). The summed E-state index contributed by atoms with van der Waals surface area (Å²) >= 11 is 5.98. The normalized spacial score (nSPS) is 11.2. The molecule has 0 heterocycles. The fourth-order valence-corrected chi connectivity index (χ4v) is 5.20. The monoisotopic (exact) mass is 524 g/mol. The number of nitrogens with one attached hydrogen (secondary N) is 1. The van der Waals surface area contributed by atoms with Gasteiger partial charge in [0.15, 0.2) is 0 Å². The predicted octanol–water partition coefficient (Wildman–Crippen LogP) is 4.89. The Kier molecular flexibility index (Phi) is 7.97. The average Bonchev–Trinajstić information content (AvgIpc) is 2.90. The van der Waals surface area contributed by atoms with Gasteiger partial charge < -0.3 is 14.8 Å². The second-order valence-corrected chi connectivity index (χ2v) is 10.1. The molecule has 0 spiro atoms. The lowest BCUT2D eigenvalue weighted by Crippen LogP contribution is -2.41. The summed E-state index contributed by atoms with van der Waals surface area (Å²) in [6.07, 6.45) is 0. The van der Waals surface area contributed by atoms with Crippen molar-refractivity contribution in [1.82, 2.24) is 5.32 Å². The third-order valence-electron chi connectivity index (χ3n) is 5.48. The van der Waals surface area contributed by atoms with Crippen molar-refractivity contribution in [2.24, 2.45) is 0 Å². The highest BCUT2D eigenvalue weighted by atomic mass is 35.5. The van der Waals surface area contributed by atoms with E-state index in [-0.39, 0.29) is 18.0 Å². The number of fused-ring (bicyclic) bond motifs is 1. The van der Waals surface area contributed by atoms with Crippen molar-refractivity contribution < 1.29 is 22.7 Å². The van der Waals surface area contributed by atoms with Crippen LogP contribution in [0.25, 0.3) is 10.8 Å². The molecule has 4 rings (SSSR count). The summed E-state index contributed by atoms with van der Waals surface area (Å²) in [5.41, 5.74) is 0.317. The van der Waals surface area contributed by atoms with E-state index >= 15 is 0 Å². The molecule has 0 unspecified atom stereocenters. The summed E-state index contributed by atoms with van der Waals surface area (Å²) in [5.74, 6) is 0.770. The largest absolute Gasteiger partial charge is 0.497 e. The molecule has 9 heteroatoms. The molecule has 0 saturated heterocycles. The molecule has 0 aliphatic carbocycles. The fraction of sp³-hybridized carbons (Fsp3) is 0.148. The number of nitrogens with zero attached hydrogens (tertiary/aromatic N) is 1. The number of carbonyl (C=O) groups excluding carboxylic acids is 1. The molecular weight excluding hydrogens is 500 g/mol. The molecule has 7 nitrogen and oxygen atoms in total. The number of anilines is 1. The van der Waals surface area contributed by atoms with Crippen LogP contribution in [0.1, 0.15) is 0 Å². The number of benzene rings is 4. The molecule has 0 aliphatic rings. The van der Waals surface area contributed by atoms with Crippen LogP contribution in [0.5, 0.6) is 11.5 Å². The van der Waals surface area contributed by atoms with Crippen LogP contribution in [0.3, 0.4) is 0 Å². The smallest absolute Gasteiger partial charge is 0.264 e. The van der Waals surface area contributed by atoms with Crippen LogP contribution in [0.4, 0.5) is 5.69 Å². The lowest BCUT2D eigenvalue weighted by Gasteiger charge is -2.24. The highest BCUT2D eigenvalue weighted by Gasteiger charge is 2.27. The number of ether oxygens (including phenoxy) is 2. The van der Waals surface area contributed by atoms with Gasteiger partial charge >= 0.3 is 0 Å². The van der Waals surface area contributed by atoms with Gasteiger partial charge in [0.05, 0.1) is 24.2 Å². The first-order valence-corrected chi connectivity index (χ1v) is 13.0. The number of rotatable bonds is 10. The topological polar surface area (TPSA) is 84.9 Å². The Balaban J connectivity index is 1.45. The third kappa shape index (κ3) is 5.90. The van der Waals surface area contributed by atoms with E-state index in [1.54, 1.807) is 36.4 Å². The van der Waals surface area contributed by atoms with Gasteiger partial charge in [-0.3, -0.25) is 9.10 Å². The number of hydrogen-bond acceptors (Lipinski definition) is 5. The van der Waals surface area contributed by atoms with Crippen LogP contribution in [0.15, 0.2) is 95.9 Å². The molecular formula is C27H25ClN2O5S. The van der Waals surface area contributed by atoms with E-state index in [0.29, 0.717) is 22.2 Å². The van der Waals surface area contributed by atoms with Gasteiger partial charge in [0, 0.05) is 10.4 Å². The summed E-state index contributed by atoms with van der Waals surface area (Å²) in [6.45, 7) is 0.0231. The van der Waals surface area contributed by atoms with E-state index in [2.05, 4.69) is 5.32 Å². The van der Waals surface area contributed by atoms with E-state index in [9.17, 15) is 13.2 Å². The van der Waals surface area contributed by atoms with Crippen molar-refractivity contribution >= 4 is 44.0 Å². The Morgan fingerprint density at radius 3 is 2.33 bits per heavy atom. The van der Waals surface area contributed by atoms with Gasteiger partial charge in [0.2, 0.25) is 5.91 Å². The summed E-state index contributed by atoms with van der Waals surface area (Å²) in [7, 11) is -2.54. The minimum atomic E-state index is -4.04. The molecule has 186 valence electrons. The maximum absolute atomic E-state index is 13.4. The van der Waals surface area contributed by atoms with E-state index in [4.69, 9.17) is 21.1 Å². The summed E-state index contributed by atoms with van der Waals surface area (Å²) in [4.78, 5) is 12.8. The molecule has 1 amide bonds. The molecule has 36 heavy (non-hydrogen) atoms. The highest BCUT2D eigenvalue weighted by molar-refractivity contribution is 7.92. The molecule has 1 N–H and O–H groups in total. The number of hydrogen-bond donors (Lipinski definition) is 1. The molecule has 4 aromatic rings. The molecule has 4 aromatic carbocycles. The second kappa shape index (κ2) is 11.3. The van der Waals surface area contributed by atoms with Crippen molar-refractivity contribution in [2.75, 3.05) is 31.1 Å². The maximum atomic E-state index is 13.4. The maximum Gasteiger partial charge on any atom is 0.264 e. The number of methoxy groups -OCH3 is 1. The minimum Gasteiger partial charge on any atom is -0.497 e. The first-order chi connectivity index (χ1) is 17.4. The van der Waals surface area contributed by atoms with Crippen LogP contribution < -0.4 is 19.1 Å². The van der Waals surface area contributed by atoms with E-state index < -0.39 is 22.5 Å². The summed E-state index contributed by atoms with van der Waals surface area (Å²) < 4.78 is 38.9. The Morgan fingerprint density at radius 1 is 0.917 bits per heavy atom. The number of halogens is 1. The SMILES string of the molecule is COc1ccc(S(=O)(=O)N(CC(=O)NCCOc2cccc3ccccc23)c2ccc(Cl)cc2)cc1. The molecule has 0 aromatic heterocycles. The quantitative estimate of drug-likeness (QED) is 0.298. The van der Waals surface area contributed by atoms with Crippen molar-refractivity contribution in [2.45, 2.75) is 4.90 Å². The zero-order chi connectivity index (χ0) is 25.5. The van der Waals surface area contributed by atoms with Crippen molar-refractivity contribution in [1.29, 1.82) is 0 Å². The fourth-order valence-electron chi connectivity index (χ4n) is 3.66. The van der Waals surface area contributed by atoms with Gasteiger partial charge in [-0.05, 0) is 60.0 Å². The number of carbonyl (C=O) groups is 1. The lowest BCUT2D eigenvalue weighted by atomic mass is 10.1. The second-order valence-electron chi connectivity index (χ2n) is 7.84. The summed E-state index contributed by atoms with van der Waals surface area (Å²) in [6, 6.07) is 25.9. The number of amides is 1. The average molecular weight is 525 g/mol. The molecule has 0 saturated carbocycles. The molecule has 0 radical (unpaired) electrons. The van der Waals surface area contributed by atoms with E-state index in [1.165, 1.54) is 19.2 Å². The van der Waals surface area contributed by atoms with Gasteiger partial charge in [0.1, 0.15) is 24.7 Å². The Bertz CT molecular complexity index is 1440. The first kappa shape index (κ1) is 25.3. The van der Waals surface area contributed by atoms with Gasteiger partial charge in [-0.25, -0.2) is 8.42 Å². The van der Waals surface area contributed by atoms with Gasteiger partial charge in [-0.2, -0.15) is 0 Å². The van der Waals surface area contributed by atoms with Crippen molar-refractivity contribution in [3.63, 3.8) is 0 Å². The van der Waals surface area contributed by atoms with Crippen LogP contribution in [0, 0.1) is 0 Å². The Labute approximate surface area is 215 Å². The van der Waals surface area contributed by atoms with Gasteiger partial charge in [-0.15, -0.1) is 0 Å². The summed E-state index contributed by atoms with van der Waals surface area (Å²) in [5, 5.41) is 5.23. The van der Waals surface area contributed by atoms with E-state index in [1.807, 2.05) is 42.5 Å². The van der Waals surface area contributed by atoms with Gasteiger partial charge in [0.25, 0.3) is 10.0 Å². The Hall–Kier alpha value is -3.75. The first-order valence-electron chi connectivity index (χ1n) is 11.2. The number of sulfonamides is 1. The van der Waals surface area contributed by atoms with Crippen LogP contribution >= 0.6 is 11.6 Å².